The first-order chi connectivity index (χ1) is 17.5. The van der Waals surface area contributed by atoms with Crippen LogP contribution in [0.5, 0.6) is 0 Å². The van der Waals surface area contributed by atoms with Gasteiger partial charge in [0.15, 0.2) is 18.1 Å². The fraction of sp³-hybridized carbons (Fsp3) is 0.385. The molecule has 0 bridgehead atoms. The maximum absolute atomic E-state index is 13.2. The topological polar surface area (TPSA) is 110 Å². The van der Waals surface area contributed by atoms with Crippen molar-refractivity contribution in [2.45, 2.75) is 25.9 Å². The molecule has 0 radical (unpaired) electrons. The zero-order valence-electron chi connectivity index (χ0n) is 20.0. The van der Waals surface area contributed by atoms with Crippen LogP contribution in [-0.4, -0.2) is 48.8 Å². The number of pyridine rings is 1. The molecule has 36 heavy (non-hydrogen) atoms. The van der Waals surface area contributed by atoms with Gasteiger partial charge in [-0.3, -0.25) is 4.79 Å². The highest BCUT2D eigenvalue weighted by atomic mass is 19.1. The maximum atomic E-state index is 13.2. The van der Waals surface area contributed by atoms with E-state index in [0.29, 0.717) is 18.2 Å². The predicted octanol–water partition coefficient (Wildman–Crippen LogP) is 3.77. The van der Waals surface area contributed by atoms with Crippen LogP contribution in [0, 0.1) is 17.2 Å². The van der Waals surface area contributed by atoms with Crippen LogP contribution in [0.4, 0.5) is 15.0 Å². The Morgan fingerprint density at radius 1 is 1.19 bits per heavy atom. The zero-order valence-corrected chi connectivity index (χ0v) is 20.0. The van der Waals surface area contributed by atoms with Crippen LogP contribution in [0.3, 0.4) is 0 Å². The average Bonchev–Trinajstić information content (AvgIpc) is 3.56. The second-order valence-corrected chi connectivity index (χ2v) is 9.40. The van der Waals surface area contributed by atoms with E-state index in [4.69, 9.17) is 9.26 Å². The summed E-state index contributed by atoms with van der Waals surface area (Å²) in [5.41, 5.74) is 2.18. The van der Waals surface area contributed by atoms with Gasteiger partial charge >= 0.3 is 6.09 Å². The Morgan fingerprint density at radius 3 is 2.69 bits per heavy atom. The van der Waals surface area contributed by atoms with Crippen LogP contribution >= 0.6 is 0 Å². The number of carbonyl (C=O) groups excluding carboxylic acids is 2. The van der Waals surface area contributed by atoms with Crippen molar-refractivity contribution in [3.8, 4) is 11.1 Å². The fourth-order valence-electron chi connectivity index (χ4n) is 5.10. The molecular formula is C26H28FN5O4. The molecule has 2 aromatic heterocycles. The van der Waals surface area contributed by atoms with Gasteiger partial charge in [0.2, 0.25) is 0 Å². The molecule has 1 saturated heterocycles. The lowest BCUT2D eigenvalue weighted by molar-refractivity contribution is 0.0507. The van der Waals surface area contributed by atoms with Gasteiger partial charge in [-0.05, 0) is 60.4 Å². The van der Waals surface area contributed by atoms with E-state index in [0.717, 1.165) is 49.3 Å². The molecule has 3 aromatic rings. The van der Waals surface area contributed by atoms with E-state index >= 15 is 0 Å². The summed E-state index contributed by atoms with van der Waals surface area (Å²) in [4.78, 5) is 30.7. The number of ether oxygens (including phenoxy) is 1. The number of halogens is 1. The lowest BCUT2D eigenvalue weighted by atomic mass is 9.59. The third-order valence-corrected chi connectivity index (χ3v) is 7.35. The first-order valence-corrected chi connectivity index (χ1v) is 12.0. The number of carbonyl (C=O) groups is 2. The van der Waals surface area contributed by atoms with Crippen molar-refractivity contribution in [2.75, 3.05) is 31.6 Å². The second-order valence-electron chi connectivity index (χ2n) is 9.40. The van der Waals surface area contributed by atoms with E-state index in [1.165, 1.54) is 25.2 Å². The van der Waals surface area contributed by atoms with E-state index < -0.39 is 6.09 Å². The van der Waals surface area contributed by atoms with Gasteiger partial charge in [0.1, 0.15) is 11.6 Å². The van der Waals surface area contributed by atoms with Crippen molar-refractivity contribution in [1.82, 2.24) is 20.8 Å². The highest BCUT2D eigenvalue weighted by Crippen LogP contribution is 2.53. The quantitative estimate of drug-likeness (QED) is 0.516. The summed E-state index contributed by atoms with van der Waals surface area (Å²) < 4.78 is 23.4. The van der Waals surface area contributed by atoms with E-state index in [1.54, 1.807) is 12.1 Å². The smallest absolute Gasteiger partial charge is 0.407 e. The molecule has 1 spiro atoms. The molecule has 2 atom stereocenters. The summed E-state index contributed by atoms with van der Waals surface area (Å²) in [5.74, 6) is 0.981. The maximum Gasteiger partial charge on any atom is 0.407 e. The van der Waals surface area contributed by atoms with Gasteiger partial charge in [-0.2, -0.15) is 0 Å². The highest BCUT2D eigenvalue weighted by Gasteiger charge is 2.50. The SMILES string of the molecule is CNC(=O)c1cc(COC(=O)NC[C@@H]2CCC23CCN(c2ccc(-c4ccc(F)cc4)cn2)C3)on1. The molecule has 3 heterocycles. The van der Waals surface area contributed by atoms with Gasteiger partial charge in [0, 0.05) is 44.5 Å². The highest BCUT2D eigenvalue weighted by molar-refractivity contribution is 5.91. The van der Waals surface area contributed by atoms with E-state index in [2.05, 4.69) is 25.7 Å². The van der Waals surface area contributed by atoms with Gasteiger partial charge < -0.3 is 24.8 Å². The molecule has 1 saturated carbocycles. The minimum Gasteiger partial charge on any atom is -0.441 e. The summed E-state index contributed by atoms with van der Waals surface area (Å²) in [6, 6.07) is 11.9. The van der Waals surface area contributed by atoms with Crippen molar-refractivity contribution < 1.29 is 23.2 Å². The number of amides is 2. The van der Waals surface area contributed by atoms with Gasteiger partial charge in [-0.1, -0.05) is 17.3 Å². The first-order valence-electron chi connectivity index (χ1n) is 12.0. The normalized spacial score (nSPS) is 20.7. The van der Waals surface area contributed by atoms with Crippen LogP contribution in [0.25, 0.3) is 11.1 Å². The number of aromatic nitrogens is 2. The molecule has 1 aliphatic carbocycles. The molecule has 9 nitrogen and oxygen atoms in total. The number of nitrogens with one attached hydrogen (secondary N) is 2. The number of nitrogens with zero attached hydrogens (tertiary/aromatic N) is 3. The van der Waals surface area contributed by atoms with Gasteiger partial charge in [-0.15, -0.1) is 0 Å². The molecule has 5 rings (SSSR count). The van der Waals surface area contributed by atoms with E-state index in [-0.39, 0.29) is 29.4 Å². The standard InChI is InChI=1S/C26H28FN5O4/c1-28-24(33)22-12-21(36-31-22)15-35-25(34)30-14-19-8-9-26(19)10-11-32(16-26)23-7-4-18(13-29-23)17-2-5-20(27)6-3-17/h2-7,12-13,19H,8-11,14-16H2,1H3,(H,28,33)(H,30,34)/t19-,26?/m0/s1. The van der Waals surface area contributed by atoms with Crippen molar-refractivity contribution in [3.63, 3.8) is 0 Å². The lowest BCUT2D eigenvalue weighted by Gasteiger charge is -2.47. The summed E-state index contributed by atoms with van der Waals surface area (Å²) in [5, 5.41) is 8.96. The number of hydrogen-bond donors (Lipinski definition) is 2. The molecule has 1 unspecified atom stereocenters. The van der Waals surface area contributed by atoms with Crippen LogP contribution in [-0.2, 0) is 11.3 Å². The monoisotopic (exact) mass is 493 g/mol. The Morgan fingerprint density at radius 2 is 2.00 bits per heavy atom. The minimum atomic E-state index is -0.525. The summed E-state index contributed by atoms with van der Waals surface area (Å²) in [7, 11) is 1.50. The summed E-state index contributed by atoms with van der Waals surface area (Å²) in [6.07, 6.45) is 4.54. The van der Waals surface area contributed by atoms with Gasteiger partial charge in [-0.25, -0.2) is 14.2 Å². The van der Waals surface area contributed by atoms with Crippen LogP contribution in [0.1, 0.15) is 35.5 Å². The Kier molecular flexibility index (Phi) is 6.58. The van der Waals surface area contributed by atoms with Crippen LogP contribution in [0.15, 0.2) is 53.2 Å². The van der Waals surface area contributed by atoms with Gasteiger partial charge in [0.25, 0.3) is 5.91 Å². The van der Waals surface area contributed by atoms with Crippen molar-refractivity contribution in [3.05, 3.63) is 65.9 Å². The van der Waals surface area contributed by atoms with Crippen LogP contribution in [0.2, 0.25) is 0 Å². The Bertz CT molecular complexity index is 1230. The Balaban J connectivity index is 1.10. The number of benzene rings is 1. The fourth-order valence-corrected chi connectivity index (χ4v) is 5.10. The van der Waals surface area contributed by atoms with E-state index in [9.17, 15) is 14.0 Å². The third-order valence-electron chi connectivity index (χ3n) is 7.35. The molecular weight excluding hydrogens is 465 g/mol. The molecule has 10 heteroatoms. The molecule has 1 aromatic carbocycles. The van der Waals surface area contributed by atoms with Crippen molar-refractivity contribution >= 4 is 17.8 Å². The molecule has 2 aliphatic rings. The second kappa shape index (κ2) is 9.96. The summed E-state index contributed by atoms with van der Waals surface area (Å²) in [6.45, 7) is 2.27. The third kappa shape index (κ3) is 4.89. The molecule has 2 fully saturated rings. The van der Waals surface area contributed by atoms with Crippen molar-refractivity contribution in [2.24, 2.45) is 11.3 Å². The van der Waals surface area contributed by atoms with Gasteiger partial charge in [0.05, 0.1) is 0 Å². The number of alkyl carbamates (subject to hydrolysis) is 1. The summed E-state index contributed by atoms with van der Waals surface area (Å²) >= 11 is 0. The van der Waals surface area contributed by atoms with Crippen molar-refractivity contribution in [1.29, 1.82) is 0 Å². The lowest BCUT2D eigenvalue weighted by Crippen LogP contribution is -2.48. The molecule has 188 valence electrons. The minimum absolute atomic E-state index is 0.0982. The van der Waals surface area contributed by atoms with Crippen LogP contribution < -0.4 is 15.5 Å². The number of anilines is 1. The largest absolute Gasteiger partial charge is 0.441 e. The average molecular weight is 494 g/mol. The zero-order chi connectivity index (χ0) is 25.1. The van der Waals surface area contributed by atoms with E-state index in [1.807, 2.05) is 18.3 Å². The first kappa shape index (κ1) is 23.8. The predicted molar refractivity (Wildman–Crippen MR) is 130 cm³/mol. The Hall–Kier alpha value is -3.95. The molecule has 2 amide bonds. The Labute approximate surface area is 208 Å². The molecule has 2 N–H and O–H groups in total. The number of hydrogen-bond acceptors (Lipinski definition) is 7. The molecule has 1 aliphatic heterocycles. The number of rotatable bonds is 7.